The molecule has 0 aliphatic carbocycles. The molecule has 0 radical (unpaired) electrons. The Morgan fingerprint density at radius 1 is 1.61 bits per heavy atom. The van der Waals surface area contributed by atoms with Crippen molar-refractivity contribution in [2.45, 2.75) is 25.5 Å². The van der Waals surface area contributed by atoms with Gasteiger partial charge in [0, 0.05) is 25.1 Å². The normalized spacial score (nSPS) is 19.4. The molecule has 1 saturated heterocycles. The van der Waals surface area contributed by atoms with Crippen molar-refractivity contribution in [3.63, 3.8) is 0 Å². The minimum absolute atomic E-state index is 0.00470. The van der Waals surface area contributed by atoms with Crippen LogP contribution < -0.4 is 4.90 Å². The van der Waals surface area contributed by atoms with Crippen molar-refractivity contribution in [1.82, 2.24) is 9.97 Å². The maximum Gasteiger partial charge on any atom is 0.228 e. The molecule has 2 rings (SSSR count). The number of thioether (sulfide) groups is 1. The van der Waals surface area contributed by atoms with Crippen molar-refractivity contribution >= 4 is 40.1 Å². The summed E-state index contributed by atoms with van der Waals surface area (Å²) in [6.07, 6.45) is 1.91. The van der Waals surface area contributed by atoms with Crippen LogP contribution in [0.15, 0.2) is 6.20 Å². The summed E-state index contributed by atoms with van der Waals surface area (Å²) in [6.45, 7) is 3.80. The summed E-state index contributed by atoms with van der Waals surface area (Å²) in [7, 11) is 0. The predicted octanol–water partition coefficient (Wildman–Crippen LogP) is 1.82. The molecule has 1 unspecified atom stereocenters. The number of aromatic nitrogens is 2. The van der Waals surface area contributed by atoms with Gasteiger partial charge in [-0.2, -0.15) is 0 Å². The molecule has 1 aromatic heterocycles. The van der Waals surface area contributed by atoms with Crippen LogP contribution in [-0.4, -0.2) is 32.8 Å². The van der Waals surface area contributed by atoms with Gasteiger partial charge in [0.2, 0.25) is 11.2 Å². The highest BCUT2D eigenvalue weighted by Crippen LogP contribution is 2.29. The maximum atomic E-state index is 11.9. The fraction of sp³-hybridized carbons (Fsp3) is 0.455. The molecule has 7 heteroatoms. The molecule has 5 nitrogen and oxygen atoms in total. The Hall–Kier alpha value is -1.14. The zero-order valence-corrected chi connectivity index (χ0v) is 11.6. The SMILES string of the molecule is CC(=O)SC1CC(=O)N(c2cnc(Cl)nc2C)C1. The Labute approximate surface area is 114 Å². The average Bonchev–Trinajstić information content (AvgIpc) is 2.58. The van der Waals surface area contributed by atoms with Crippen molar-refractivity contribution in [3.8, 4) is 0 Å². The topological polar surface area (TPSA) is 63.2 Å². The molecule has 0 saturated carbocycles. The number of anilines is 1. The zero-order valence-electron chi connectivity index (χ0n) is 10.0. The van der Waals surface area contributed by atoms with E-state index >= 15 is 0 Å². The van der Waals surface area contributed by atoms with E-state index in [-0.39, 0.29) is 21.6 Å². The van der Waals surface area contributed by atoms with Crippen molar-refractivity contribution < 1.29 is 9.59 Å². The van der Waals surface area contributed by atoms with Crippen molar-refractivity contribution in [2.75, 3.05) is 11.4 Å². The molecule has 1 aliphatic rings. The van der Waals surface area contributed by atoms with Crippen LogP contribution in [0.5, 0.6) is 0 Å². The van der Waals surface area contributed by atoms with Crippen molar-refractivity contribution in [2.24, 2.45) is 0 Å². The molecule has 0 spiro atoms. The Kier molecular flexibility index (Phi) is 3.87. The van der Waals surface area contributed by atoms with Crippen LogP contribution in [0.25, 0.3) is 0 Å². The van der Waals surface area contributed by atoms with E-state index in [1.165, 1.54) is 18.7 Å². The largest absolute Gasteiger partial charge is 0.308 e. The van der Waals surface area contributed by atoms with Gasteiger partial charge in [-0.15, -0.1) is 0 Å². The number of rotatable bonds is 2. The van der Waals surface area contributed by atoms with E-state index in [9.17, 15) is 9.59 Å². The van der Waals surface area contributed by atoms with Gasteiger partial charge in [-0.3, -0.25) is 9.59 Å². The van der Waals surface area contributed by atoms with E-state index in [2.05, 4.69) is 9.97 Å². The first-order valence-electron chi connectivity index (χ1n) is 5.44. The Morgan fingerprint density at radius 2 is 2.33 bits per heavy atom. The van der Waals surface area contributed by atoms with Crippen LogP contribution >= 0.6 is 23.4 Å². The van der Waals surface area contributed by atoms with Crippen molar-refractivity contribution in [1.29, 1.82) is 0 Å². The third-order valence-electron chi connectivity index (χ3n) is 2.64. The first kappa shape index (κ1) is 13.3. The Morgan fingerprint density at radius 3 is 2.94 bits per heavy atom. The van der Waals surface area contributed by atoms with Gasteiger partial charge in [-0.1, -0.05) is 11.8 Å². The molecule has 1 amide bonds. The Balaban J connectivity index is 2.19. The number of carbonyl (C=O) groups is 2. The second-order valence-electron chi connectivity index (χ2n) is 4.05. The summed E-state index contributed by atoms with van der Waals surface area (Å²) in [5.41, 5.74) is 1.33. The van der Waals surface area contributed by atoms with E-state index in [1.807, 2.05) is 0 Å². The van der Waals surface area contributed by atoms with Gasteiger partial charge in [-0.25, -0.2) is 9.97 Å². The Bertz CT molecular complexity index is 509. The molecular weight excluding hydrogens is 274 g/mol. The zero-order chi connectivity index (χ0) is 13.3. The molecule has 1 fully saturated rings. The number of nitrogens with zero attached hydrogens (tertiary/aromatic N) is 3. The second kappa shape index (κ2) is 5.24. The number of halogens is 1. The van der Waals surface area contributed by atoms with Gasteiger partial charge in [0.15, 0.2) is 5.12 Å². The number of hydrogen-bond acceptors (Lipinski definition) is 5. The van der Waals surface area contributed by atoms with E-state index in [0.717, 1.165) is 0 Å². The number of aryl methyl sites for hydroxylation is 1. The standard InChI is InChI=1S/C11H12ClN3O2S/c1-6-9(4-13-11(12)14-6)15-5-8(3-10(15)17)18-7(2)16/h4,8H,3,5H2,1-2H3. The highest BCUT2D eigenvalue weighted by atomic mass is 35.5. The summed E-state index contributed by atoms with van der Waals surface area (Å²) in [5.74, 6) is -0.0113. The molecule has 18 heavy (non-hydrogen) atoms. The van der Waals surface area contributed by atoms with Crippen LogP contribution in [0.4, 0.5) is 5.69 Å². The third-order valence-corrected chi connectivity index (χ3v) is 3.80. The van der Waals surface area contributed by atoms with E-state index in [1.54, 1.807) is 18.0 Å². The molecule has 1 aliphatic heterocycles. The second-order valence-corrected chi connectivity index (χ2v) is 5.86. The summed E-state index contributed by atoms with van der Waals surface area (Å²) < 4.78 is 0. The number of carbonyl (C=O) groups excluding carboxylic acids is 2. The summed E-state index contributed by atoms with van der Waals surface area (Å²) in [4.78, 5) is 32.5. The molecule has 1 aromatic rings. The smallest absolute Gasteiger partial charge is 0.228 e. The maximum absolute atomic E-state index is 11.9. The molecule has 0 aromatic carbocycles. The van der Waals surface area contributed by atoms with Gasteiger partial charge in [-0.05, 0) is 18.5 Å². The van der Waals surface area contributed by atoms with Gasteiger partial charge < -0.3 is 4.90 Å². The average molecular weight is 286 g/mol. The molecule has 0 N–H and O–H groups in total. The fourth-order valence-corrected chi connectivity index (χ4v) is 3.01. The highest BCUT2D eigenvalue weighted by Gasteiger charge is 2.33. The van der Waals surface area contributed by atoms with Crippen LogP contribution in [0.3, 0.4) is 0 Å². The lowest BCUT2D eigenvalue weighted by Crippen LogP contribution is -2.26. The van der Waals surface area contributed by atoms with Gasteiger partial charge in [0.1, 0.15) is 0 Å². The first-order chi connectivity index (χ1) is 8.47. The van der Waals surface area contributed by atoms with Crippen LogP contribution in [0, 0.1) is 6.92 Å². The third kappa shape index (κ3) is 2.81. The van der Waals surface area contributed by atoms with Gasteiger partial charge in [0.25, 0.3) is 0 Å². The fourth-order valence-electron chi connectivity index (χ4n) is 1.92. The minimum Gasteiger partial charge on any atom is -0.308 e. The van der Waals surface area contributed by atoms with E-state index in [0.29, 0.717) is 24.3 Å². The summed E-state index contributed by atoms with van der Waals surface area (Å²) >= 11 is 6.89. The molecule has 1 atom stereocenters. The monoisotopic (exact) mass is 285 g/mol. The summed E-state index contributed by atoms with van der Waals surface area (Å²) in [6, 6.07) is 0. The molecular formula is C11H12ClN3O2S. The number of hydrogen-bond donors (Lipinski definition) is 0. The molecule has 0 bridgehead atoms. The lowest BCUT2D eigenvalue weighted by molar-refractivity contribution is -0.117. The van der Waals surface area contributed by atoms with Crippen LogP contribution in [0.2, 0.25) is 5.28 Å². The molecule has 2 heterocycles. The van der Waals surface area contributed by atoms with Gasteiger partial charge >= 0.3 is 0 Å². The quantitative estimate of drug-likeness (QED) is 0.776. The van der Waals surface area contributed by atoms with Crippen LogP contribution in [-0.2, 0) is 9.59 Å². The minimum atomic E-state index is -0.0113. The lowest BCUT2D eigenvalue weighted by atomic mass is 10.3. The number of amides is 1. The summed E-state index contributed by atoms with van der Waals surface area (Å²) in [5, 5.41) is 0.196. The molecule has 96 valence electrons. The van der Waals surface area contributed by atoms with E-state index < -0.39 is 0 Å². The van der Waals surface area contributed by atoms with Gasteiger partial charge in [0.05, 0.1) is 17.6 Å². The van der Waals surface area contributed by atoms with Crippen molar-refractivity contribution in [3.05, 3.63) is 17.2 Å². The first-order valence-corrected chi connectivity index (χ1v) is 6.70. The van der Waals surface area contributed by atoms with Crippen LogP contribution in [0.1, 0.15) is 19.0 Å². The predicted molar refractivity (Wildman–Crippen MR) is 70.8 cm³/mol. The highest BCUT2D eigenvalue weighted by molar-refractivity contribution is 8.14. The lowest BCUT2D eigenvalue weighted by Gasteiger charge is -2.17. The van der Waals surface area contributed by atoms with E-state index in [4.69, 9.17) is 11.6 Å².